The van der Waals surface area contributed by atoms with Gasteiger partial charge in [-0.25, -0.2) is 20.2 Å². The largest absolute Gasteiger partial charge is 0.508 e. The minimum Gasteiger partial charge on any atom is -0.508 e. The van der Waals surface area contributed by atoms with Gasteiger partial charge in [-0.2, -0.15) is 0 Å². The van der Waals surface area contributed by atoms with Crippen LogP contribution >= 0.6 is 32.9 Å². The van der Waals surface area contributed by atoms with E-state index in [4.69, 9.17) is 14.2 Å². The maximum atomic E-state index is 13.8. The summed E-state index contributed by atoms with van der Waals surface area (Å²) in [5, 5.41) is 26.0. The van der Waals surface area contributed by atoms with Crippen molar-refractivity contribution in [2.24, 2.45) is 17.8 Å². The van der Waals surface area contributed by atoms with E-state index in [0.717, 1.165) is 34.1 Å². The second-order valence-electron chi connectivity index (χ2n) is 15.6. The van der Waals surface area contributed by atoms with E-state index in [1.807, 2.05) is 34.6 Å². The lowest BCUT2D eigenvalue weighted by Gasteiger charge is -2.36. The molecule has 19 nitrogen and oxygen atoms in total. The highest BCUT2D eigenvalue weighted by Gasteiger charge is 2.34. The molecule has 22 heteroatoms. The maximum Gasteiger partial charge on any atom is 0.426 e. The first kappa shape index (κ1) is 53.9. The van der Waals surface area contributed by atoms with Crippen molar-refractivity contribution < 1.29 is 53.0 Å². The number of hydrogen-bond acceptors (Lipinski definition) is 17. The Kier molecular flexibility index (Phi) is 23.0. The van der Waals surface area contributed by atoms with Gasteiger partial charge in [0.25, 0.3) is 5.91 Å². The number of rotatable bonds is 26. The van der Waals surface area contributed by atoms with E-state index in [1.165, 1.54) is 58.5 Å². The highest BCUT2D eigenvalue weighted by molar-refractivity contribution is 8.76. The molecule has 0 saturated heterocycles. The second-order valence-corrected chi connectivity index (χ2v) is 18.9. The molecule has 0 saturated carbocycles. The van der Waals surface area contributed by atoms with E-state index in [9.17, 15) is 44.0 Å². The smallest absolute Gasteiger partial charge is 0.426 e. The zero-order valence-corrected chi connectivity index (χ0v) is 40.1. The van der Waals surface area contributed by atoms with Gasteiger partial charge >= 0.3 is 23.7 Å². The van der Waals surface area contributed by atoms with Crippen molar-refractivity contribution in [3.8, 4) is 5.75 Å². The highest BCUT2D eigenvalue weighted by atomic mass is 33.1. The number of amides is 4. The summed E-state index contributed by atoms with van der Waals surface area (Å²) in [6, 6.07) is 7.98. The number of pyridine rings is 1. The molecule has 4 amide bonds. The van der Waals surface area contributed by atoms with Gasteiger partial charge in [-0.1, -0.05) is 70.9 Å². The number of carbonyl (C=O) groups is 6. The highest BCUT2D eigenvalue weighted by Crippen LogP contribution is 2.35. The zero-order chi connectivity index (χ0) is 48.1. The topological polar surface area (TPSA) is 259 Å². The molecule has 1 aromatic carbocycles. The summed E-state index contributed by atoms with van der Waals surface area (Å²) in [6.45, 7) is 12.2. The number of phenols is 1. The van der Waals surface area contributed by atoms with Gasteiger partial charge in [0.2, 0.25) is 11.8 Å². The molecule has 2 aromatic heterocycles. The van der Waals surface area contributed by atoms with E-state index < -0.39 is 58.9 Å². The molecule has 0 aliphatic carbocycles. The van der Waals surface area contributed by atoms with Crippen LogP contribution in [0.3, 0.4) is 0 Å². The van der Waals surface area contributed by atoms with Crippen LogP contribution in [0.25, 0.3) is 0 Å². The average Bonchev–Trinajstić information content (AvgIpc) is 3.76. The van der Waals surface area contributed by atoms with Crippen molar-refractivity contribution in [3.05, 3.63) is 74.4 Å². The summed E-state index contributed by atoms with van der Waals surface area (Å²) in [6.07, 6.45) is 1.79. The van der Waals surface area contributed by atoms with Crippen LogP contribution in [0.5, 0.6) is 5.75 Å². The summed E-state index contributed by atoms with van der Waals surface area (Å²) in [5.74, 6) is -2.91. The monoisotopic (exact) mass is 961 g/mol. The van der Waals surface area contributed by atoms with E-state index in [1.54, 1.807) is 19.1 Å². The van der Waals surface area contributed by atoms with Gasteiger partial charge in [-0.3, -0.25) is 39.5 Å². The van der Waals surface area contributed by atoms with Crippen LogP contribution in [0.2, 0.25) is 0 Å². The van der Waals surface area contributed by atoms with Gasteiger partial charge in [-0.05, 0) is 65.7 Å². The Bertz CT molecular complexity index is 2060. The second kappa shape index (κ2) is 27.8. The van der Waals surface area contributed by atoms with Crippen LogP contribution in [0.15, 0.2) is 53.0 Å². The van der Waals surface area contributed by atoms with Gasteiger partial charge in [0.05, 0.1) is 4.92 Å². The molecule has 4 N–H and O–H groups in total. The molecule has 356 valence electrons. The molecule has 0 radical (unpaired) electrons. The Hall–Kier alpha value is -5.48. The van der Waals surface area contributed by atoms with Gasteiger partial charge < -0.3 is 29.5 Å². The Labute approximate surface area is 390 Å². The average molecular weight is 962 g/mol. The summed E-state index contributed by atoms with van der Waals surface area (Å²) < 4.78 is 16.4. The molecule has 65 heavy (non-hydrogen) atoms. The maximum absolute atomic E-state index is 13.8. The third-order valence-corrected chi connectivity index (χ3v) is 13.1. The number of benzene rings is 1. The van der Waals surface area contributed by atoms with Crippen LogP contribution in [0.1, 0.15) is 114 Å². The van der Waals surface area contributed by atoms with E-state index in [0.29, 0.717) is 11.4 Å². The number of nitrogens with one attached hydrogen (secondary N) is 3. The quantitative estimate of drug-likeness (QED) is 0.0117. The number of nitrogens with zero attached hydrogens (tertiary/aromatic N) is 4. The number of aromatic nitrogens is 2. The molecule has 0 spiro atoms. The predicted molar refractivity (Wildman–Crippen MR) is 245 cm³/mol. The number of thiazole rings is 1. The number of phenolic OH excluding ortho intramolecular Hbond substituents is 1. The lowest BCUT2D eigenvalue weighted by atomic mass is 9.95. The van der Waals surface area contributed by atoms with Crippen LogP contribution in [-0.2, 0) is 39.8 Å². The summed E-state index contributed by atoms with van der Waals surface area (Å²) >= 11 is 1.10. The third-order valence-electron chi connectivity index (χ3n) is 9.94. The molecular weight excluding hydrogens is 903 g/mol. The molecule has 5 atom stereocenters. The molecule has 0 fully saturated rings. The summed E-state index contributed by atoms with van der Waals surface area (Å²) in [7, 11) is 2.26. The fraction of sp³-hybridized carbons (Fsp3) is 0.535. The lowest BCUT2D eigenvalue weighted by Crippen LogP contribution is -2.46. The first-order valence-electron chi connectivity index (χ1n) is 21.2. The molecule has 2 heterocycles. The van der Waals surface area contributed by atoms with E-state index in [2.05, 4.69) is 26.1 Å². The Balaban J connectivity index is 1.70. The van der Waals surface area contributed by atoms with Gasteiger partial charge in [-0.15, -0.1) is 11.3 Å². The zero-order valence-electron chi connectivity index (χ0n) is 37.6. The van der Waals surface area contributed by atoms with Crippen LogP contribution < -0.4 is 16.2 Å². The van der Waals surface area contributed by atoms with Crippen molar-refractivity contribution in [1.29, 1.82) is 0 Å². The van der Waals surface area contributed by atoms with Crippen molar-refractivity contribution in [2.75, 3.05) is 19.1 Å². The first-order valence-corrected chi connectivity index (χ1v) is 24.4. The number of ether oxygens (including phenoxy) is 3. The van der Waals surface area contributed by atoms with Gasteiger partial charge in [0.15, 0.2) is 17.9 Å². The number of hydrogen-bond donors (Lipinski definition) is 4. The van der Waals surface area contributed by atoms with Crippen molar-refractivity contribution in [2.45, 2.75) is 117 Å². The van der Waals surface area contributed by atoms with Crippen molar-refractivity contribution in [3.63, 3.8) is 0 Å². The third kappa shape index (κ3) is 18.9. The fourth-order valence-electron chi connectivity index (χ4n) is 6.27. The van der Waals surface area contributed by atoms with Crippen molar-refractivity contribution in [1.82, 2.24) is 31.0 Å². The molecule has 0 aliphatic rings. The molecule has 0 aliphatic heterocycles. The fourth-order valence-corrected chi connectivity index (χ4v) is 8.97. The van der Waals surface area contributed by atoms with Crippen molar-refractivity contribution >= 4 is 74.4 Å². The molecule has 3 aromatic rings. The van der Waals surface area contributed by atoms with Crippen LogP contribution in [-0.4, -0.2) is 91.8 Å². The van der Waals surface area contributed by atoms with E-state index in [-0.39, 0.29) is 91.1 Å². The Morgan fingerprint density at radius 3 is 2.37 bits per heavy atom. The normalized spacial score (nSPS) is 13.4. The number of hydrazine groups is 1. The van der Waals surface area contributed by atoms with Crippen LogP contribution in [0, 0.1) is 27.9 Å². The number of carbonyl (C=O) groups excluding carboxylic acids is 6. The van der Waals surface area contributed by atoms with Gasteiger partial charge in [0, 0.05) is 67.6 Å². The minimum atomic E-state index is -0.958. The van der Waals surface area contributed by atoms with E-state index >= 15 is 0 Å². The Morgan fingerprint density at radius 1 is 1.00 bits per heavy atom. The standard InChI is InChI=1S/C43H59N7O12S3/c1-8-11-38(54)61-25-49(37(53)20-27(5)9-2)35(26(3)4)23-36(62-29(7)51)42-46-33(24-63-42)40(56)45-31(22-30-13-15-32(52)16-14-30)21-28(6)39(55)47-48-43(57)60-18-19-64-65-41-34(50(58)59)12-10-17-44-41/h10,12-17,24,26-28,31,35-36,52H,8-9,11,18-23,25H2,1-7H3,(H,45,56)(H,47,55)(H,48,57)/t27-,28-,31+,35+,36+/m0/s1. The minimum absolute atomic E-state index is 0.0217. The summed E-state index contributed by atoms with van der Waals surface area (Å²) in [4.78, 5) is 98.6. The van der Waals surface area contributed by atoms with Gasteiger partial charge in [0.1, 0.15) is 23.1 Å². The SMILES string of the molecule is CCCC(=O)OCN(C(=O)C[C@@H](C)CC)[C@H](C[C@@H](OC(C)=O)c1nc(C(=O)N[C@@H](Cc2ccc(O)cc2)C[C@H](C)C(=O)NNC(=O)OCCSSc2ncccc2[N+](=O)[O-])cs1)C(C)C. The molecule has 0 unspecified atom stereocenters. The number of nitro groups is 1. The number of esters is 2. The molecule has 0 bridgehead atoms. The van der Waals surface area contributed by atoms with Crippen LogP contribution in [0.4, 0.5) is 10.5 Å². The number of aromatic hydroxyl groups is 1. The molecular formula is C43H59N7O12S3. The predicted octanol–water partition coefficient (Wildman–Crippen LogP) is 7.30. The molecule has 3 rings (SSSR count). The lowest BCUT2D eigenvalue weighted by molar-refractivity contribution is -0.388. The Morgan fingerprint density at radius 2 is 1.72 bits per heavy atom. The first-order chi connectivity index (χ1) is 30.9. The summed E-state index contributed by atoms with van der Waals surface area (Å²) in [5.41, 5.74) is 5.15.